The first-order valence-electron chi connectivity index (χ1n) is 8.20. The SMILES string of the molecule is CC[C@H](Oc1ccccc1)C(=O)O[C@H](C)C(=O)Nc1ccc(F)c(F)c1F. The standard InChI is InChI=1S/C19H18F3NO4/c1-3-15(27-12-7-5-4-6-8-12)19(25)26-11(2)18(24)23-14-10-9-13(20)16(21)17(14)22/h4-11,15H,3H2,1-2H3,(H,23,24)/t11-,15+/m1/s1. The highest BCUT2D eigenvalue weighted by molar-refractivity contribution is 5.95. The first-order chi connectivity index (χ1) is 12.8. The first-order valence-corrected chi connectivity index (χ1v) is 8.20. The van der Waals surface area contributed by atoms with Crippen LogP contribution in [0.4, 0.5) is 18.9 Å². The summed E-state index contributed by atoms with van der Waals surface area (Å²) in [5.74, 6) is -5.85. The molecule has 0 heterocycles. The molecule has 0 bridgehead atoms. The van der Waals surface area contributed by atoms with E-state index < -0.39 is 47.2 Å². The summed E-state index contributed by atoms with van der Waals surface area (Å²) in [7, 11) is 0. The van der Waals surface area contributed by atoms with E-state index in [4.69, 9.17) is 9.47 Å². The van der Waals surface area contributed by atoms with Crippen LogP contribution in [-0.4, -0.2) is 24.1 Å². The summed E-state index contributed by atoms with van der Waals surface area (Å²) in [4.78, 5) is 24.3. The molecule has 0 saturated heterocycles. The molecule has 0 aliphatic rings. The number of esters is 1. The number of anilines is 1. The van der Waals surface area contributed by atoms with E-state index in [0.717, 1.165) is 6.07 Å². The van der Waals surface area contributed by atoms with Crippen molar-refractivity contribution in [1.29, 1.82) is 0 Å². The summed E-state index contributed by atoms with van der Waals surface area (Å²) in [5.41, 5.74) is -0.561. The molecule has 8 heteroatoms. The lowest BCUT2D eigenvalue weighted by atomic mass is 10.2. The Morgan fingerprint density at radius 2 is 1.70 bits per heavy atom. The third kappa shape index (κ3) is 5.22. The van der Waals surface area contributed by atoms with Gasteiger partial charge in [-0.3, -0.25) is 4.79 Å². The number of carbonyl (C=O) groups excluding carboxylic acids is 2. The van der Waals surface area contributed by atoms with Crippen LogP contribution in [0.25, 0.3) is 0 Å². The molecule has 1 N–H and O–H groups in total. The van der Waals surface area contributed by atoms with Crippen LogP contribution in [0.1, 0.15) is 20.3 Å². The Bertz CT molecular complexity index is 814. The summed E-state index contributed by atoms with van der Waals surface area (Å²) < 4.78 is 50.3. The largest absolute Gasteiger partial charge is 0.479 e. The summed E-state index contributed by atoms with van der Waals surface area (Å²) in [5, 5.41) is 2.05. The monoisotopic (exact) mass is 381 g/mol. The van der Waals surface area contributed by atoms with Crippen molar-refractivity contribution in [2.75, 3.05) is 5.32 Å². The van der Waals surface area contributed by atoms with Gasteiger partial charge in [0.25, 0.3) is 5.91 Å². The molecular weight excluding hydrogens is 363 g/mol. The Balaban J connectivity index is 1.98. The molecule has 144 valence electrons. The minimum Gasteiger partial charge on any atom is -0.479 e. The van der Waals surface area contributed by atoms with E-state index in [0.29, 0.717) is 18.2 Å². The van der Waals surface area contributed by atoms with Gasteiger partial charge in [0.2, 0.25) is 0 Å². The molecule has 0 fully saturated rings. The number of hydrogen-bond donors (Lipinski definition) is 1. The predicted octanol–water partition coefficient (Wildman–Crippen LogP) is 3.83. The Kier molecular flexibility index (Phi) is 6.81. The fraction of sp³-hybridized carbons (Fsp3) is 0.263. The van der Waals surface area contributed by atoms with E-state index in [1.54, 1.807) is 37.3 Å². The summed E-state index contributed by atoms with van der Waals surface area (Å²) in [6, 6.07) is 10.1. The third-order valence-electron chi connectivity index (χ3n) is 3.61. The molecule has 2 aromatic carbocycles. The molecule has 2 aromatic rings. The van der Waals surface area contributed by atoms with E-state index in [9.17, 15) is 22.8 Å². The van der Waals surface area contributed by atoms with Crippen molar-refractivity contribution in [2.45, 2.75) is 32.5 Å². The Labute approximate surface area is 154 Å². The number of amides is 1. The van der Waals surface area contributed by atoms with Gasteiger partial charge in [0.1, 0.15) is 5.75 Å². The minimum atomic E-state index is -1.71. The lowest BCUT2D eigenvalue weighted by Crippen LogP contribution is -2.36. The smallest absolute Gasteiger partial charge is 0.348 e. The van der Waals surface area contributed by atoms with Gasteiger partial charge in [-0.15, -0.1) is 0 Å². The lowest BCUT2D eigenvalue weighted by Gasteiger charge is -2.19. The molecule has 0 unspecified atom stereocenters. The van der Waals surface area contributed by atoms with E-state index >= 15 is 0 Å². The van der Waals surface area contributed by atoms with Crippen LogP contribution in [0.3, 0.4) is 0 Å². The number of ether oxygens (including phenoxy) is 2. The fourth-order valence-corrected chi connectivity index (χ4v) is 2.12. The molecule has 0 radical (unpaired) electrons. The van der Waals surface area contributed by atoms with Crippen LogP contribution in [0, 0.1) is 17.5 Å². The molecule has 1 amide bonds. The summed E-state index contributed by atoms with van der Waals surface area (Å²) in [6.45, 7) is 2.97. The van der Waals surface area contributed by atoms with Crippen molar-refractivity contribution in [3.63, 3.8) is 0 Å². The van der Waals surface area contributed by atoms with Crippen molar-refractivity contribution in [3.05, 3.63) is 59.9 Å². The number of para-hydroxylation sites is 1. The molecule has 0 aliphatic heterocycles. The van der Waals surface area contributed by atoms with Crippen molar-refractivity contribution in [3.8, 4) is 5.75 Å². The van der Waals surface area contributed by atoms with Gasteiger partial charge in [0.15, 0.2) is 29.7 Å². The average molecular weight is 381 g/mol. The van der Waals surface area contributed by atoms with Gasteiger partial charge < -0.3 is 14.8 Å². The zero-order valence-corrected chi connectivity index (χ0v) is 14.7. The Morgan fingerprint density at radius 1 is 1.04 bits per heavy atom. The van der Waals surface area contributed by atoms with Gasteiger partial charge in [0.05, 0.1) is 5.69 Å². The fourth-order valence-electron chi connectivity index (χ4n) is 2.12. The predicted molar refractivity (Wildman–Crippen MR) is 91.6 cm³/mol. The van der Waals surface area contributed by atoms with E-state index in [1.807, 2.05) is 0 Å². The second-order valence-corrected chi connectivity index (χ2v) is 5.62. The zero-order valence-electron chi connectivity index (χ0n) is 14.7. The highest BCUT2D eigenvalue weighted by atomic mass is 19.2. The van der Waals surface area contributed by atoms with Crippen LogP contribution in [0.5, 0.6) is 5.75 Å². The van der Waals surface area contributed by atoms with E-state index in [-0.39, 0.29) is 0 Å². The van der Waals surface area contributed by atoms with Crippen LogP contribution in [0.15, 0.2) is 42.5 Å². The Hall–Kier alpha value is -3.03. The molecular formula is C19H18F3NO4. The molecule has 0 aliphatic carbocycles. The quantitative estimate of drug-likeness (QED) is 0.585. The van der Waals surface area contributed by atoms with Crippen molar-refractivity contribution in [2.24, 2.45) is 0 Å². The first kappa shape index (κ1) is 20.3. The second-order valence-electron chi connectivity index (χ2n) is 5.62. The average Bonchev–Trinajstić information content (AvgIpc) is 2.67. The van der Waals surface area contributed by atoms with Crippen LogP contribution < -0.4 is 10.1 Å². The molecule has 27 heavy (non-hydrogen) atoms. The van der Waals surface area contributed by atoms with Gasteiger partial charge in [-0.1, -0.05) is 25.1 Å². The molecule has 0 saturated carbocycles. The zero-order chi connectivity index (χ0) is 20.0. The van der Waals surface area contributed by atoms with Gasteiger partial charge in [-0.25, -0.2) is 18.0 Å². The number of benzene rings is 2. The van der Waals surface area contributed by atoms with Crippen molar-refractivity contribution in [1.82, 2.24) is 0 Å². The van der Waals surface area contributed by atoms with E-state index in [1.165, 1.54) is 6.92 Å². The molecule has 0 aromatic heterocycles. The van der Waals surface area contributed by atoms with Crippen LogP contribution >= 0.6 is 0 Å². The molecule has 2 rings (SSSR count). The number of nitrogens with one attached hydrogen (secondary N) is 1. The summed E-state index contributed by atoms with van der Waals surface area (Å²) in [6.07, 6.45) is -1.96. The van der Waals surface area contributed by atoms with Crippen molar-refractivity contribution < 1.29 is 32.2 Å². The van der Waals surface area contributed by atoms with E-state index in [2.05, 4.69) is 5.32 Å². The lowest BCUT2D eigenvalue weighted by molar-refractivity contribution is -0.160. The Morgan fingerprint density at radius 3 is 2.33 bits per heavy atom. The summed E-state index contributed by atoms with van der Waals surface area (Å²) >= 11 is 0. The van der Waals surface area contributed by atoms with Gasteiger partial charge >= 0.3 is 5.97 Å². The maximum absolute atomic E-state index is 13.6. The number of halogens is 3. The van der Waals surface area contributed by atoms with Crippen LogP contribution in [-0.2, 0) is 14.3 Å². The van der Waals surface area contributed by atoms with Gasteiger partial charge in [-0.2, -0.15) is 0 Å². The highest BCUT2D eigenvalue weighted by Gasteiger charge is 2.26. The number of carbonyl (C=O) groups is 2. The molecule has 2 atom stereocenters. The number of hydrogen-bond acceptors (Lipinski definition) is 4. The van der Waals surface area contributed by atoms with Gasteiger partial charge in [-0.05, 0) is 37.6 Å². The normalized spacial score (nSPS) is 12.8. The van der Waals surface area contributed by atoms with Gasteiger partial charge in [0, 0.05) is 0 Å². The molecule has 0 spiro atoms. The molecule has 5 nitrogen and oxygen atoms in total. The highest BCUT2D eigenvalue weighted by Crippen LogP contribution is 2.20. The topological polar surface area (TPSA) is 64.6 Å². The maximum atomic E-state index is 13.6. The number of rotatable bonds is 7. The van der Waals surface area contributed by atoms with Crippen LogP contribution in [0.2, 0.25) is 0 Å². The minimum absolute atomic E-state index is 0.292. The van der Waals surface area contributed by atoms with Crippen molar-refractivity contribution >= 4 is 17.6 Å². The second kappa shape index (κ2) is 9.07. The third-order valence-corrected chi connectivity index (χ3v) is 3.61. The maximum Gasteiger partial charge on any atom is 0.348 e.